The highest BCUT2D eigenvalue weighted by Gasteiger charge is 2.08. The quantitative estimate of drug-likeness (QED) is 0.806. The molecule has 0 aromatic heterocycles. The van der Waals surface area contributed by atoms with Crippen molar-refractivity contribution in [2.75, 3.05) is 27.8 Å². The molecule has 94 valence electrons. The Morgan fingerprint density at radius 1 is 1.35 bits per heavy atom. The molecule has 0 aliphatic carbocycles. The monoisotopic (exact) mass is 237 g/mol. The number of hydrogen-bond acceptors (Lipinski definition) is 3. The predicted octanol–water partition coefficient (Wildman–Crippen LogP) is 2.24. The molecule has 1 aromatic carbocycles. The van der Waals surface area contributed by atoms with Crippen LogP contribution in [-0.4, -0.2) is 38.8 Å². The van der Waals surface area contributed by atoms with Gasteiger partial charge in [-0.2, -0.15) is 0 Å². The zero-order valence-electron chi connectivity index (χ0n) is 10.8. The summed E-state index contributed by atoms with van der Waals surface area (Å²) in [6.45, 7) is 2.64. The molecule has 0 N–H and O–H groups in total. The van der Waals surface area contributed by atoms with Crippen LogP contribution in [0.1, 0.15) is 11.1 Å². The van der Waals surface area contributed by atoms with Crippen molar-refractivity contribution in [1.29, 1.82) is 0 Å². The van der Waals surface area contributed by atoms with Gasteiger partial charge in [0.15, 0.2) is 0 Å². The van der Waals surface area contributed by atoms with Crippen molar-refractivity contribution in [3.63, 3.8) is 0 Å². The van der Waals surface area contributed by atoms with Crippen LogP contribution >= 0.6 is 0 Å². The van der Waals surface area contributed by atoms with E-state index < -0.39 is 0 Å². The highest BCUT2D eigenvalue weighted by Crippen LogP contribution is 2.18. The Bertz CT molecular complexity index is 390. The third-order valence-corrected chi connectivity index (χ3v) is 2.68. The summed E-state index contributed by atoms with van der Waals surface area (Å²) in [5.74, 6) is 0.884. The number of hydrogen-bond donors (Lipinski definition) is 0. The summed E-state index contributed by atoms with van der Waals surface area (Å²) in [5, 5.41) is 0. The molecule has 0 heterocycles. The van der Waals surface area contributed by atoms with Gasteiger partial charge in [-0.05, 0) is 30.5 Å². The Hall–Kier alpha value is -1.71. The molecule has 4 heteroatoms. The number of benzene rings is 1. The average Bonchev–Trinajstić information content (AvgIpc) is 2.35. The van der Waals surface area contributed by atoms with Gasteiger partial charge in [0.2, 0.25) is 0 Å². The van der Waals surface area contributed by atoms with E-state index >= 15 is 0 Å². The first-order valence-corrected chi connectivity index (χ1v) is 5.51. The lowest BCUT2D eigenvalue weighted by Crippen LogP contribution is -2.28. The van der Waals surface area contributed by atoms with E-state index in [0.717, 1.165) is 17.7 Å². The minimum Gasteiger partial charge on any atom is -0.496 e. The van der Waals surface area contributed by atoms with Crippen LogP contribution in [-0.2, 0) is 11.2 Å². The first-order valence-electron chi connectivity index (χ1n) is 5.51. The molecule has 0 fully saturated rings. The second-order valence-corrected chi connectivity index (χ2v) is 3.95. The first-order chi connectivity index (χ1) is 8.08. The predicted molar refractivity (Wildman–Crippen MR) is 66.5 cm³/mol. The highest BCUT2D eigenvalue weighted by atomic mass is 16.5. The molecule has 0 radical (unpaired) electrons. The molecule has 1 amide bonds. The number of rotatable bonds is 4. The molecule has 1 rings (SSSR count). The molecule has 0 saturated carbocycles. The Kier molecular flexibility index (Phi) is 4.82. The van der Waals surface area contributed by atoms with Crippen LogP contribution in [0.25, 0.3) is 0 Å². The van der Waals surface area contributed by atoms with E-state index in [9.17, 15) is 4.79 Å². The Balaban J connectivity index is 2.58. The summed E-state index contributed by atoms with van der Waals surface area (Å²) in [5.41, 5.74) is 2.28. The van der Waals surface area contributed by atoms with Crippen molar-refractivity contribution in [2.45, 2.75) is 13.3 Å². The fraction of sp³-hybridized carbons (Fsp3) is 0.462. The van der Waals surface area contributed by atoms with Crippen LogP contribution in [0.4, 0.5) is 4.79 Å². The van der Waals surface area contributed by atoms with E-state index in [0.29, 0.717) is 6.54 Å². The molecular weight excluding hydrogens is 218 g/mol. The average molecular weight is 237 g/mol. The highest BCUT2D eigenvalue weighted by molar-refractivity contribution is 5.66. The number of amides is 1. The minimum absolute atomic E-state index is 0.310. The van der Waals surface area contributed by atoms with E-state index in [1.807, 2.05) is 19.1 Å². The molecule has 0 atom stereocenters. The van der Waals surface area contributed by atoms with Crippen LogP contribution in [0, 0.1) is 6.92 Å². The van der Waals surface area contributed by atoms with Gasteiger partial charge in [0.1, 0.15) is 5.75 Å². The zero-order valence-corrected chi connectivity index (χ0v) is 10.8. The van der Waals surface area contributed by atoms with Crippen LogP contribution < -0.4 is 4.74 Å². The molecule has 0 bridgehead atoms. The van der Waals surface area contributed by atoms with Crippen molar-refractivity contribution in [1.82, 2.24) is 4.90 Å². The van der Waals surface area contributed by atoms with Crippen LogP contribution in [0.2, 0.25) is 0 Å². The van der Waals surface area contributed by atoms with E-state index in [2.05, 4.69) is 10.8 Å². The number of ether oxygens (including phenoxy) is 2. The number of carbonyl (C=O) groups excluding carboxylic acids is 1. The second-order valence-electron chi connectivity index (χ2n) is 3.95. The van der Waals surface area contributed by atoms with Crippen molar-refractivity contribution < 1.29 is 14.3 Å². The zero-order chi connectivity index (χ0) is 12.8. The summed E-state index contributed by atoms with van der Waals surface area (Å²) in [4.78, 5) is 12.7. The molecule has 1 aromatic rings. The van der Waals surface area contributed by atoms with E-state index in [1.54, 1.807) is 19.1 Å². The largest absolute Gasteiger partial charge is 0.496 e. The topological polar surface area (TPSA) is 38.8 Å². The number of nitrogens with zero attached hydrogens (tertiary/aromatic N) is 1. The molecule has 17 heavy (non-hydrogen) atoms. The fourth-order valence-corrected chi connectivity index (χ4v) is 1.64. The van der Waals surface area contributed by atoms with E-state index in [1.165, 1.54) is 12.7 Å². The summed E-state index contributed by atoms with van der Waals surface area (Å²) in [6.07, 6.45) is 0.492. The van der Waals surface area contributed by atoms with Gasteiger partial charge < -0.3 is 14.4 Å². The summed E-state index contributed by atoms with van der Waals surface area (Å²) in [7, 11) is 4.77. The van der Waals surface area contributed by atoms with Crippen molar-refractivity contribution in [3.8, 4) is 5.75 Å². The Labute approximate surface area is 102 Å². The molecule has 0 aliphatic rings. The van der Waals surface area contributed by atoms with Gasteiger partial charge in [0.25, 0.3) is 0 Å². The van der Waals surface area contributed by atoms with Gasteiger partial charge in [0.05, 0.1) is 14.2 Å². The number of carbonyl (C=O) groups is 1. The van der Waals surface area contributed by atoms with Gasteiger partial charge in [-0.15, -0.1) is 0 Å². The first kappa shape index (κ1) is 13.4. The lowest BCUT2D eigenvalue weighted by Gasteiger charge is -2.15. The lowest BCUT2D eigenvalue weighted by molar-refractivity contribution is 0.134. The number of aryl methyl sites for hydroxylation is 1. The van der Waals surface area contributed by atoms with Gasteiger partial charge in [-0.25, -0.2) is 4.79 Å². The smallest absolute Gasteiger partial charge is 0.409 e. The standard InChI is InChI=1S/C13H19NO3/c1-10-9-11(5-6-12(10)16-3)7-8-14(2)13(15)17-4/h5-6,9H,7-8H2,1-4H3. The van der Waals surface area contributed by atoms with E-state index in [-0.39, 0.29) is 6.09 Å². The third kappa shape index (κ3) is 3.66. The Morgan fingerprint density at radius 3 is 2.59 bits per heavy atom. The Morgan fingerprint density at radius 2 is 2.06 bits per heavy atom. The maximum atomic E-state index is 11.2. The third-order valence-electron chi connectivity index (χ3n) is 2.68. The summed E-state index contributed by atoms with van der Waals surface area (Å²) < 4.78 is 9.82. The minimum atomic E-state index is -0.310. The van der Waals surface area contributed by atoms with Gasteiger partial charge >= 0.3 is 6.09 Å². The van der Waals surface area contributed by atoms with Crippen molar-refractivity contribution >= 4 is 6.09 Å². The lowest BCUT2D eigenvalue weighted by atomic mass is 10.1. The van der Waals surface area contributed by atoms with Crippen LogP contribution in [0.15, 0.2) is 18.2 Å². The van der Waals surface area contributed by atoms with Gasteiger partial charge in [0, 0.05) is 13.6 Å². The van der Waals surface area contributed by atoms with E-state index in [4.69, 9.17) is 4.74 Å². The van der Waals surface area contributed by atoms with Crippen molar-refractivity contribution in [2.24, 2.45) is 0 Å². The maximum Gasteiger partial charge on any atom is 0.409 e. The van der Waals surface area contributed by atoms with Crippen LogP contribution in [0.5, 0.6) is 5.75 Å². The molecule has 4 nitrogen and oxygen atoms in total. The number of likely N-dealkylation sites (N-methyl/N-ethyl adjacent to an activating group) is 1. The number of methoxy groups -OCH3 is 2. The van der Waals surface area contributed by atoms with Gasteiger partial charge in [-0.3, -0.25) is 0 Å². The summed E-state index contributed by atoms with van der Waals surface area (Å²) in [6, 6.07) is 6.03. The maximum absolute atomic E-state index is 11.2. The molecule has 0 aliphatic heterocycles. The molecule has 0 spiro atoms. The second kappa shape index (κ2) is 6.13. The molecular formula is C13H19NO3. The SMILES string of the molecule is COC(=O)N(C)CCc1ccc(OC)c(C)c1. The van der Waals surface area contributed by atoms with Crippen LogP contribution in [0.3, 0.4) is 0 Å². The fourth-order valence-electron chi connectivity index (χ4n) is 1.64. The molecule has 0 saturated heterocycles. The van der Waals surface area contributed by atoms with Gasteiger partial charge in [-0.1, -0.05) is 12.1 Å². The normalized spacial score (nSPS) is 9.88. The van der Waals surface area contributed by atoms with Crippen molar-refractivity contribution in [3.05, 3.63) is 29.3 Å². The molecule has 0 unspecified atom stereocenters. The summed E-state index contributed by atoms with van der Waals surface area (Å²) >= 11 is 0.